The van der Waals surface area contributed by atoms with Crippen LogP contribution in [-0.2, 0) is 11.8 Å². The highest BCUT2D eigenvalue weighted by Crippen LogP contribution is 2.36. The van der Waals surface area contributed by atoms with Crippen molar-refractivity contribution in [3.63, 3.8) is 0 Å². The van der Waals surface area contributed by atoms with Crippen LogP contribution in [0.2, 0.25) is 0 Å². The van der Waals surface area contributed by atoms with E-state index < -0.39 is 0 Å². The first-order valence-corrected chi connectivity index (χ1v) is 8.71. The molecule has 0 saturated carbocycles. The lowest BCUT2D eigenvalue weighted by atomic mass is 9.84. The zero-order valence-corrected chi connectivity index (χ0v) is 14.5. The van der Waals surface area contributed by atoms with Crippen LogP contribution in [0.15, 0.2) is 46.9 Å². The summed E-state index contributed by atoms with van der Waals surface area (Å²) in [7, 11) is 1.82. The number of aromatic nitrogens is 2. The Morgan fingerprint density at radius 3 is 2.88 bits per heavy atom. The molecule has 1 aliphatic heterocycles. The summed E-state index contributed by atoms with van der Waals surface area (Å²) in [5.41, 5.74) is 2.35. The van der Waals surface area contributed by atoms with Gasteiger partial charge in [-0.1, -0.05) is 42.1 Å². The van der Waals surface area contributed by atoms with Gasteiger partial charge in [0.2, 0.25) is 5.91 Å². The highest BCUT2D eigenvalue weighted by molar-refractivity contribution is 7.99. The predicted octanol–water partition coefficient (Wildman–Crippen LogP) is 2.84. The van der Waals surface area contributed by atoms with Crippen LogP contribution in [0, 0.1) is 6.92 Å². The summed E-state index contributed by atoms with van der Waals surface area (Å²) in [6, 6.07) is 7.85. The van der Waals surface area contributed by atoms with Gasteiger partial charge in [-0.05, 0) is 18.1 Å². The van der Waals surface area contributed by atoms with E-state index >= 15 is 0 Å². The molecular weight excluding hydrogens is 322 g/mol. The number of hydrogen-bond donors (Lipinski definition) is 1. The SMILES string of the molecule is C=CCSc1nc(=O)c2c(n1C)NC(=O)CC2c1ccccc1C. The maximum atomic E-state index is 12.7. The number of nitrogens with one attached hydrogen (secondary N) is 1. The van der Waals surface area contributed by atoms with E-state index in [1.54, 1.807) is 10.6 Å². The number of thioether (sulfide) groups is 1. The lowest BCUT2D eigenvalue weighted by molar-refractivity contribution is -0.116. The van der Waals surface area contributed by atoms with Gasteiger partial charge in [0, 0.05) is 25.1 Å². The Bertz CT molecular complexity index is 873. The Morgan fingerprint density at radius 2 is 2.17 bits per heavy atom. The van der Waals surface area contributed by atoms with Crippen molar-refractivity contribution >= 4 is 23.5 Å². The van der Waals surface area contributed by atoms with E-state index in [1.807, 2.05) is 38.2 Å². The van der Waals surface area contributed by atoms with E-state index in [1.165, 1.54) is 11.8 Å². The number of carbonyl (C=O) groups excluding carboxylic acids is 1. The Hall–Kier alpha value is -2.34. The molecule has 6 heteroatoms. The van der Waals surface area contributed by atoms with Gasteiger partial charge in [-0.3, -0.25) is 9.59 Å². The molecule has 1 N–H and O–H groups in total. The van der Waals surface area contributed by atoms with Gasteiger partial charge in [-0.15, -0.1) is 6.58 Å². The summed E-state index contributed by atoms with van der Waals surface area (Å²) < 4.78 is 1.78. The van der Waals surface area contributed by atoms with Crippen LogP contribution >= 0.6 is 11.8 Å². The molecule has 1 unspecified atom stereocenters. The van der Waals surface area contributed by atoms with Gasteiger partial charge >= 0.3 is 0 Å². The molecular formula is C18H19N3O2S. The van der Waals surface area contributed by atoms with Crippen LogP contribution in [0.1, 0.15) is 29.0 Å². The van der Waals surface area contributed by atoms with Gasteiger partial charge in [0.05, 0.1) is 5.56 Å². The Balaban J connectivity index is 2.18. The van der Waals surface area contributed by atoms with Gasteiger partial charge in [0.1, 0.15) is 5.82 Å². The summed E-state index contributed by atoms with van der Waals surface area (Å²) in [4.78, 5) is 29.2. The summed E-state index contributed by atoms with van der Waals surface area (Å²) in [6.07, 6.45) is 2.01. The second kappa shape index (κ2) is 6.65. The smallest absolute Gasteiger partial charge is 0.279 e. The first kappa shape index (κ1) is 16.5. The molecule has 0 radical (unpaired) electrons. The standard InChI is InChI=1S/C18H19N3O2S/c1-4-9-24-18-20-17(23)15-13(12-8-6-5-7-11(12)2)10-14(22)19-16(15)21(18)3/h4-8,13H,1,9-10H2,2-3H3,(H,19,22). The third-order valence-corrected chi connectivity index (χ3v) is 5.22. The summed E-state index contributed by atoms with van der Waals surface area (Å²) in [5.74, 6) is 0.844. The zero-order valence-electron chi connectivity index (χ0n) is 13.7. The lowest BCUT2D eigenvalue weighted by Gasteiger charge is -2.28. The van der Waals surface area contributed by atoms with Crippen molar-refractivity contribution < 1.29 is 4.79 Å². The molecule has 1 atom stereocenters. The fraction of sp³-hybridized carbons (Fsp3) is 0.278. The van der Waals surface area contributed by atoms with Crippen LogP contribution in [0.5, 0.6) is 0 Å². The van der Waals surface area contributed by atoms with Gasteiger partial charge in [-0.25, -0.2) is 0 Å². The summed E-state index contributed by atoms with van der Waals surface area (Å²) in [5, 5.41) is 3.42. The Kier molecular flexibility index (Phi) is 4.57. The molecule has 1 aromatic carbocycles. The minimum Gasteiger partial charge on any atom is -0.312 e. The van der Waals surface area contributed by atoms with Crippen LogP contribution < -0.4 is 10.9 Å². The van der Waals surface area contributed by atoms with Crippen molar-refractivity contribution in [2.75, 3.05) is 11.1 Å². The predicted molar refractivity (Wildman–Crippen MR) is 96.7 cm³/mol. The van der Waals surface area contributed by atoms with Crippen LogP contribution in [0.3, 0.4) is 0 Å². The van der Waals surface area contributed by atoms with Crippen LogP contribution in [0.4, 0.5) is 5.82 Å². The first-order valence-electron chi connectivity index (χ1n) is 7.73. The zero-order chi connectivity index (χ0) is 17.3. The molecule has 1 amide bonds. The molecule has 24 heavy (non-hydrogen) atoms. The fourth-order valence-corrected chi connectivity index (χ4v) is 3.74. The molecule has 2 aromatic rings. The normalized spacial score (nSPS) is 16.4. The van der Waals surface area contributed by atoms with Crippen molar-refractivity contribution in [1.29, 1.82) is 0 Å². The second-order valence-electron chi connectivity index (χ2n) is 5.78. The monoisotopic (exact) mass is 341 g/mol. The molecule has 124 valence electrons. The van der Waals surface area contributed by atoms with E-state index in [2.05, 4.69) is 16.9 Å². The molecule has 0 bridgehead atoms. The highest BCUT2D eigenvalue weighted by atomic mass is 32.2. The van der Waals surface area contributed by atoms with Crippen LogP contribution in [0.25, 0.3) is 0 Å². The second-order valence-corrected chi connectivity index (χ2v) is 6.77. The number of aryl methyl sites for hydroxylation is 1. The topological polar surface area (TPSA) is 64.0 Å². The van der Waals surface area contributed by atoms with Crippen molar-refractivity contribution in [3.8, 4) is 0 Å². The molecule has 5 nitrogen and oxygen atoms in total. The van der Waals surface area contributed by atoms with E-state index in [4.69, 9.17) is 0 Å². The minimum absolute atomic E-state index is 0.0865. The van der Waals surface area contributed by atoms with Gasteiger partial charge in [-0.2, -0.15) is 4.98 Å². The van der Waals surface area contributed by atoms with Gasteiger partial charge < -0.3 is 9.88 Å². The van der Waals surface area contributed by atoms with Gasteiger partial charge in [0.15, 0.2) is 5.16 Å². The third-order valence-electron chi connectivity index (χ3n) is 4.20. The van der Waals surface area contributed by atoms with Crippen molar-refractivity contribution in [3.05, 3.63) is 64.0 Å². The maximum absolute atomic E-state index is 12.7. The van der Waals surface area contributed by atoms with Crippen LogP contribution in [-0.4, -0.2) is 21.2 Å². The molecule has 1 aliphatic rings. The number of nitrogens with zero attached hydrogens (tertiary/aromatic N) is 2. The Labute approximate surface area is 144 Å². The molecule has 3 rings (SSSR count). The number of carbonyl (C=O) groups is 1. The maximum Gasteiger partial charge on any atom is 0.279 e. The number of fused-ring (bicyclic) bond motifs is 1. The molecule has 0 saturated heterocycles. The highest BCUT2D eigenvalue weighted by Gasteiger charge is 2.32. The summed E-state index contributed by atoms with van der Waals surface area (Å²) in [6.45, 7) is 5.68. The van der Waals surface area contributed by atoms with E-state index in [0.29, 0.717) is 22.3 Å². The molecule has 0 aliphatic carbocycles. The average Bonchev–Trinajstić information content (AvgIpc) is 2.56. The third kappa shape index (κ3) is 2.89. The van der Waals surface area contributed by atoms with Crippen molar-refractivity contribution in [1.82, 2.24) is 9.55 Å². The van der Waals surface area contributed by atoms with Crippen molar-refractivity contribution in [2.45, 2.75) is 24.4 Å². The molecule has 0 fully saturated rings. The van der Waals surface area contributed by atoms with Gasteiger partial charge in [0.25, 0.3) is 5.56 Å². The number of amides is 1. The van der Waals surface area contributed by atoms with Crippen molar-refractivity contribution in [2.24, 2.45) is 7.05 Å². The lowest BCUT2D eigenvalue weighted by Crippen LogP contribution is -2.33. The molecule has 1 aromatic heterocycles. The minimum atomic E-state index is -0.275. The van der Waals surface area contributed by atoms with E-state index in [0.717, 1.165) is 11.1 Å². The summed E-state index contributed by atoms with van der Waals surface area (Å²) >= 11 is 1.42. The van der Waals surface area contributed by atoms with E-state index in [-0.39, 0.29) is 23.8 Å². The Morgan fingerprint density at radius 1 is 1.42 bits per heavy atom. The largest absolute Gasteiger partial charge is 0.312 e. The first-order chi connectivity index (χ1) is 11.5. The number of benzene rings is 1. The quantitative estimate of drug-likeness (QED) is 0.528. The number of rotatable bonds is 4. The average molecular weight is 341 g/mol. The fourth-order valence-electron chi connectivity index (χ4n) is 3.04. The molecule has 0 spiro atoms. The number of hydrogen-bond acceptors (Lipinski definition) is 4. The number of anilines is 1. The molecule has 2 heterocycles. The van der Waals surface area contributed by atoms with E-state index in [9.17, 15) is 9.59 Å².